The Hall–Kier alpha value is -1.30. The van der Waals surface area contributed by atoms with E-state index in [1.54, 1.807) is 12.1 Å². The molecule has 120 valence electrons. The SMILES string of the molecule is O=C1CN([C@H]2CCC[C@@H](Oc3cccc(Cl)c3)[C@@H]2O)CCN1. The average Bonchev–Trinajstić information content (AvgIpc) is 2.49. The Labute approximate surface area is 135 Å². The van der Waals surface area contributed by atoms with Crippen molar-refractivity contribution in [2.24, 2.45) is 0 Å². The monoisotopic (exact) mass is 324 g/mol. The van der Waals surface area contributed by atoms with Crippen LogP contribution in [0.5, 0.6) is 5.75 Å². The third kappa shape index (κ3) is 3.54. The molecule has 1 aromatic carbocycles. The smallest absolute Gasteiger partial charge is 0.234 e. The third-order valence-electron chi connectivity index (χ3n) is 4.38. The fraction of sp³-hybridized carbons (Fsp3) is 0.562. The molecule has 2 aliphatic rings. The van der Waals surface area contributed by atoms with Gasteiger partial charge in [-0.2, -0.15) is 0 Å². The fourth-order valence-electron chi connectivity index (χ4n) is 3.30. The number of aliphatic hydroxyl groups is 1. The molecule has 3 rings (SSSR count). The zero-order valence-electron chi connectivity index (χ0n) is 12.4. The van der Waals surface area contributed by atoms with Crippen molar-refractivity contribution in [3.8, 4) is 5.75 Å². The Kier molecular flexibility index (Phi) is 4.86. The second kappa shape index (κ2) is 6.86. The predicted molar refractivity (Wildman–Crippen MR) is 84.1 cm³/mol. The van der Waals surface area contributed by atoms with Gasteiger partial charge in [0.1, 0.15) is 18.0 Å². The molecule has 0 spiro atoms. The largest absolute Gasteiger partial charge is 0.488 e. The molecule has 1 aliphatic carbocycles. The highest BCUT2D eigenvalue weighted by Gasteiger charge is 2.38. The lowest BCUT2D eigenvalue weighted by Gasteiger charge is -2.42. The molecule has 5 nitrogen and oxygen atoms in total. The van der Waals surface area contributed by atoms with Crippen molar-refractivity contribution in [2.45, 2.75) is 37.5 Å². The Morgan fingerprint density at radius 3 is 3.00 bits per heavy atom. The molecule has 1 aromatic rings. The van der Waals surface area contributed by atoms with Crippen LogP contribution in [0.25, 0.3) is 0 Å². The number of hydrogen-bond donors (Lipinski definition) is 2. The molecule has 2 N–H and O–H groups in total. The summed E-state index contributed by atoms with van der Waals surface area (Å²) < 4.78 is 5.93. The zero-order valence-corrected chi connectivity index (χ0v) is 13.1. The number of hydrogen-bond acceptors (Lipinski definition) is 4. The quantitative estimate of drug-likeness (QED) is 0.883. The van der Waals surface area contributed by atoms with E-state index in [2.05, 4.69) is 10.2 Å². The minimum Gasteiger partial charge on any atom is -0.488 e. The maximum Gasteiger partial charge on any atom is 0.234 e. The van der Waals surface area contributed by atoms with Gasteiger partial charge in [0.2, 0.25) is 5.91 Å². The molecule has 0 radical (unpaired) electrons. The number of piperazine rings is 1. The van der Waals surface area contributed by atoms with Crippen LogP contribution in [-0.2, 0) is 4.79 Å². The van der Waals surface area contributed by atoms with Crippen LogP contribution in [-0.4, -0.2) is 53.8 Å². The number of rotatable bonds is 3. The van der Waals surface area contributed by atoms with Crippen molar-refractivity contribution in [2.75, 3.05) is 19.6 Å². The highest BCUT2D eigenvalue weighted by atomic mass is 35.5. The molecule has 22 heavy (non-hydrogen) atoms. The summed E-state index contributed by atoms with van der Waals surface area (Å²) in [5, 5.41) is 14.1. The number of carbonyl (C=O) groups is 1. The molecular weight excluding hydrogens is 304 g/mol. The highest BCUT2D eigenvalue weighted by Crippen LogP contribution is 2.28. The van der Waals surface area contributed by atoms with Gasteiger partial charge in [0.25, 0.3) is 0 Å². The van der Waals surface area contributed by atoms with Gasteiger partial charge in [-0.05, 0) is 37.5 Å². The molecule has 0 unspecified atom stereocenters. The normalized spacial score (nSPS) is 29.9. The van der Waals surface area contributed by atoms with Crippen molar-refractivity contribution in [3.05, 3.63) is 29.3 Å². The molecular formula is C16H21ClN2O3. The first-order valence-electron chi connectivity index (χ1n) is 7.74. The van der Waals surface area contributed by atoms with Gasteiger partial charge in [0, 0.05) is 24.2 Å². The van der Waals surface area contributed by atoms with Crippen molar-refractivity contribution in [1.82, 2.24) is 10.2 Å². The van der Waals surface area contributed by atoms with Crippen LogP contribution in [0.2, 0.25) is 5.02 Å². The Morgan fingerprint density at radius 1 is 1.36 bits per heavy atom. The number of halogens is 1. The molecule has 1 amide bonds. The maximum absolute atomic E-state index is 11.6. The van der Waals surface area contributed by atoms with E-state index in [0.717, 1.165) is 25.8 Å². The number of carbonyl (C=O) groups excluding carboxylic acids is 1. The molecule has 1 aliphatic heterocycles. The van der Waals surface area contributed by atoms with Crippen LogP contribution in [0.3, 0.4) is 0 Å². The van der Waals surface area contributed by atoms with Crippen LogP contribution < -0.4 is 10.1 Å². The van der Waals surface area contributed by atoms with Crippen LogP contribution in [0.1, 0.15) is 19.3 Å². The first-order chi connectivity index (χ1) is 10.6. The van der Waals surface area contributed by atoms with E-state index in [1.807, 2.05) is 12.1 Å². The van der Waals surface area contributed by atoms with E-state index in [0.29, 0.717) is 23.9 Å². The number of benzene rings is 1. The van der Waals surface area contributed by atoms with E-state index in [-0.39, 0.29) is 18.1 Å². The van der Waals surface area contributed by atoms with Gasteiger partial charge < -0.3 is 15.2 Å². The van der Waals surface area contributed by atoms with Crippen LogP contribution >= 0.6 is 11.6 Å². The lowest BCUT2D eigenvalue weighted by Crippen LogP contribution is -2.58. The second-order valence-corrected chi connectivity index (χ2v) is 6.36. The van der Waals surface area contributed by atoms with Crippen molar-refractivity contribution >= 4 is 17.5 Å². The summed E-state index contributed by atoms with van der Waals surface area (Å²) in [6.45, 7) is 1.77. The molecule has 1 saturated carbocycles. The summed E-state index contributed by atoms with van der Waals surface area (Å²) in [7, 11) is 0. The minimum absolute atomic E-state index is 0.0241. The second-order valence-electron chi connectivity index (χ2n) is 5.92. The van der Waals surface area contributed by atoms with E-state index < -0.39 is 6.10 Å². The fourth-order valence-corrected chi connectivity index (χ4v) is 3.48. The lowest BCUT2D eigenvalue weighted by molar-refractivity contribution is -0.127. The van der Waals surface area contributed by atoms with E-state index >= 15 is 0 Å². The Balaban J connectivity index is 1.67. The van der Waals surface area contributed by atoms with Gasteiger partial charge in [-0.25, -0.2) is 0 Å². The number of nitrogens with one attached hydrogen (secondary N) is 1. The molecule has 0 bridgehead atoms. The van der Waals surface area contributed by atoms with E-state index in [4.69, 9.17) is 16.3 Å². The van der Waals surface area contributed by atoms with Crippen LogP contribution in [0.15, 0.2) is 24.3 Å². The number of amides is 1. The summed E-state index contributed by atoms with van der Waals surface area (Å²) in [4.78, 5) is 13.6. The van der Waals surface area contributed by atoms with Crippen LogP contribution in [0.4, 0.5) is 0 Å². The molecule has 6 heteroatoms. The van der Waals surface area contributed by atoms with Gasteiger partial charge in [-0.3, -0.25) is 9.69 Å². The van der Waals surface area contributed by atoms with Crippen LogP contribution in [0, 0.1) is 0 Å². The summed E-state index contributed by atoms with van der Waals surface area (Å²) in [5.41, 5.74) is 0. The predicted octanol–water partition coefficient (Wildman–Crippen LogP) is 1.43. The first kappa shape index (κ1) is 15.6. The number of aliphatic hydroxyl groups excluding tert-OH is 1. The number of ether oxygens (including phenoxy) is 1. The average molecular weight is 325 g/mol. The van der Waals surface area contributed by atoms with E-state index in [9.17, 15) is 9.90 Å². The van der Waals surface area contributed by atoms with Crippen molar-refractivity contribution in [3.63, 3.8) is 0 Å². The highest BCUT2D eigenvalue weighted by molar-refractivity contribution is 6.30. The summed E-state index contributed by atoms with van der Waals surface area (Å²) in [6, 6.07) is 7.20. The Bertz CT molecular complexity index is 540. The first-order valence-corrected chi connectivity index (χ1v) is 8.12. The topological polar surface area (TPSA) is 61.8 Å². The molecule has 1 saturated heterocycles. The molecule has 1 heterocycles. The molecule has 0 aromatic heterocycles. The summed E-state index contributed by atoms with van der Waals surface area (Å²) >= 11 is 5.97. The van der Waals surface area contributed by atoms with Gasteiger partial charge >= 0.3 is 0 Å². The van der Waals surface area contributed by atoms with Gasteiger partial charge in [-0.1, -0.05) is 17.7 Å². The summed E-state index contributed by atoms with van der Waals surface area (Å²) in [6.07, 6.45) is 1.82. The standard InChI is InChI=1S/C16H21ClN2O3/c17-11-3-1-4-12(9-11)22-14-6-2-5-13(16(14)21)19-8-7-18-15(20)10-19/h1,3-4,9,13-14,16,21H,2,5-8,10H2,(H,18,20)/t13-,14+,16+/m0/s1. The zero-order chi connectivity index (χ0) is 15.5. The van der Waals surface area contributed by atoms with Crippen molar-refractivity contribution in [1.29, 1.82) is 0 Å². The molecule has 2 fully saturated rings. The van der Waals surface area contributed by atoms with Gasteiger partial charge in [0.05, 0.1) is 6.54 Å². The van der Waals surface area contributed by atoms with Gasteiger partial charge in [0.15, 0.2) is 0 Å². The van der Waals surface area contributed by atoms with E-state index in [1.165, 1.54) is 0 Å². The Morgan fingerprint density at radius 2 is 2.23 bits per heavy atom. The van der Waals surface area contributed by atoms with Crippen molar-refractivity contribution < 1.29 is 14.6 Å². The third-order valence-corrected chi connectivity index (χ3v) is 4.62. The number of nitrogens with zero attached hydrogens (tertiary/aromatic N) is 1. The minimum atomic E-state index is -0.598. The molecule has 3 atom stereocenters. The van der Waals surface area contributed by atoms with Gasteiger partial charge in [-0.15, -0.1) is 0 Å². The maximum atomic E-state index is 11.6. The lowest BCUT2D eigenvalue weighted by atomic mass is 9.88. The summed E-state index contributed by atoms with van der Waals surface area (Å²) in [5.74, 6) is 0.699.